The van der Waals surface area contributed by atoms with Crippen LogP contribution < -0.4 is 15.4 Å². The Hall–Kier alpha value is -2.67. The molecule has 1 aromatic carbocycles. The molecule has 138 valence electrons. The minimum absolute atomic E-state index is 0.0477. The lowest BCUT2D eigenvalue weighted by molar-refractivity contribution is -0.118. The van der Waals surface area contributed by atoms with Crippen molar-refractivity contribution in [2.45, 2.75) is 19.9 Å². The van der Waals surface area contributed by atoms with Gasteiger partial charge in [0.1, 0.15) is 6.54 Å². The largest absolute Gasteiger partial charge is 0.378 e. The quantitative estimate of drug-likeness (QED) is 0.808. The summed E-state index contributed by atoms with van der Waals surface area (Å²) in [5.74, 6) is 0.381. The molecule has 0 unspecified atom stereocenters. The van der Waals surface area contributed by atoms with Crippen molar-refractivity contribution in [1.29, 1.82) is 0 Å². The fourth-order valence-corrected chi connectivity index (χ4v) is 2.91. The van der Waals surface area contributed by atoms with Crippen molar-refractivity contribution in [3.8, 4) is 0 Å². The van der Waals surface area contributed by atoms with Crippen molar-refractivity contribution in [2.75, 3.05) is 43.2 Å². The minimum atomic E-state index is -0.201. The van der Waals surface area contributed by atoms with Gasteiger partial charge in [0.2, 0.25) is 11.9 Å². The average molecular weight is 356 g/mol. The molecule has 7 heteroatoms. The maximum Gasteiger partial charge on any atom is 0.255 e. The maximum atomic E-state index is 12.7. The van der Waals surface area contributed by atoms with E-state index in [9.17, 15) is 9.59 Å². The van der Waals surface area contributed by atoms with Crippen LogP contribution in [0.25, 0.3) is 0 Å². The normalized spacial score (nSPS) is 14.3. The van der Waals surface area contributed by atoms with Gasteiger partial charge in [0.15, 0.2) is 0 Å². The van der Waals surface area contributed by atoms with Gasteiger partial charge in [0.05, 0.1) is 13.2 Å². The zero-order valence-corrected chi connectivity index (χ0v) is 15.2. The fraction of sp³-hybridized carbons (Fsp3) is 0.421. The molecular formula is C19H24N4O3. The number of anilines is 2. The molecule has 2 aromatic rings. The molecule has 1 fully saturated rings. The molecule has 0 N–H and O–H groups in total. The van der Waals surface area contributed by atoms with E-state index < -0.39 is 0 Å². The van der Waals surface area contributed by atoms with Crippen LogP contribution in [0.5, 0.6) is 0 Å². The van der Waals surface area contributed by atoms with Crippen LogP contribution in [0, 0.1) is 0 Å². The van der Waals surface area contributed by atoms with Crippen LogP contribution in [0.4, 0.5) is 11.6 Å². The van der Waals surface area contributed by atoms with Gasteiger partial charge in [-0.15, -0.1) is 0 Å². The van der Waals surface area contributed by atoms with Gasteiger partial charge in [-0.25, -0.2) is 4.98 Å². The number of morpholine rings is 1. The van der Waals surface area contributed by atoms with E-state index in [1.807, 2.05) is 42.2 Å². The number of aromatic nitrogens is 2. The number of amides is 1. The number of benzene rings is 1. The van der Waals surface area contributed by atoms with E-state index in [0.29, 0.717) is 38.7 Å². The van der Waals surface area contributed by atoms with E-state index in [0.717, 1.165) is 11.4 Å². The zero-order chi connectivity index (χ0) is 18.5. The zero-order valence-electron chi connectivity index (χ0n) is 15.2. The first-order chi connectivity index (χ1) is 12.6. The lowest BCUT2D eigenvalue weighted by Gasteiger charge is -2.30. The van der Waals surface area contributed by atoms with E-state index in [4.69, 9.17) is 4.74 Å². The van der Waals surface area contributed by atoms with E-state index in [1.54, 1.807) is 11.9 Å². The molecule has 26 heavy (non-hydrogen) atoms. The highest BCUT2D eigenvalue weighted by Gasteiger charge is 2.21. The molecule has 7 nitrogen and oxygen atoms in total. The lowest BCUT2D eigenvalue weighted by Crippen LogP contribution is -2.42. The molecule has 2 heterocycles. The Balaban J connectivity index is 1.90. The highest BCUT2D eigenvalue weighted by atomic mass is 16.5. The fourth-order valence-electron chi connectivity index (χ4n) is 2.91. The third-order valence-corrected chi connectivity index (χ3v) is 4.51. The van der Waals surface area contributed by atoms with Gasteiger partial charge in [0.25, 0.3) is 5.56 Å². The van der Waals surface area contributed by atoms with Crippen molar-refractivity contribution in [3.63, 3.8) is 0 Å². The summed E-state index contributed by atoms with van der Waals surface area (Å²) in [5.41, 5.74) is 1.32. The summed E-state index contributed by atoms with van der Waals surface area (Å²) < 4.78 is 6.86. The summed E-state index contributed by atoms with van der Waals surface area (Å²) in [6, 6.07) is 10.9. The third kappa shape index (κ3) is 3.94. The summed E-state index contributed by atoms with van der Waals surface area (Å²) in [6.07, 6.45) is 0.672. The molecule has 1 saturated heterocycles. The Morgan fingerprint density at radius 2 is 1.92 bits per heavy atom. The van der Waals surface area contributed by atoms with Crippen LogP contribution in [0.3, 0.4) is 0 Å². The smallest absolute Gasteiger partial charge is 0.255 e. The number of carbonyl (C=O) groups is 1. The second-order valence-electron chi connectivity index (χ2n) is 6.21. The highest BCUT2D eigenvalue weighted by Crippen LogP contribution is 2.15. The number of likely N-dealkylation sites (N-methyl/N-ethyl adjacent to an activating group) is 1. The summed E-state index contributed by atoms with van der Waals surface area (Å²) >= 11 is 0. The SMILES string of the molecule is CCc1cc(=O)n(CC(=O)N(C)c2ccccc2)c(N2CCOCC2)n1. The van der Waals surface area contributed by atoms with Crippen LogP contribution in [-0.2, 0) is 22.5 Å². The van der Waals surface area contributed by atoms with E-state index in [2.05, 4.69) is 4.98 Å². The third-order valence-electron chi connectivity index (χ3n) is 4.51. The molecule has 3 rings (SSSR count). The molecule has 1 aliphatic heterocycles. The number of para-hydroxylation sites is 1. The molecule has 0 radical (unpaired) electrons. The first kappa shape index (κ1) is 18.1. The monoisotopic (exact) mass is 356 g/mol. The van der Waals surface area contributed by atoms with Crippen LogP contribution in [0.15, 0.2) is 41.2 Å². The van der Waals surface area contributed by atoms with Gasteiger partial charge >= 0.3 is 0 Å². The molecule has 0 bridgehead atoms. The average Bonchev–Trinajstić information content (AvgIpc) is 2.69. The van der Waals surface area contributed by atoms with Crippen molar-refractivity contribution >= 4 is 17.5 Å². The predicted octanol–water partition coefficient (Wildman–Crippen LogP) is 1.31. The van der Waals surface area contributed by atoms with Gasteiger partial charge in [0, 0.05) is 37.6 Å². The lowest BCUT2D eigenvalue weighted by atomic mass is 10.3. The topological polar surface area (TPSA) is 67.7 Å². The number of ether oxygens (including phenoxy) is 1. The molecule has 0 spiro atoms. The first-order valence-corrected chi connectivity index (χ1v) is 8.85. The van der Waals surface area contributed by atoms with Crippen molar-refractivity contribution < 1.29 is 9.53 Å². The Labute approximate surface area is 152 Å². The molecule has 1 aliphatic rings. The minimum Gasteiger partial charge on any atom is -0.378 e. The number of rotatable bonds is 5. The molecule has 0 aliphatic carbocycles. The molecule has 1 aromatic heterocycles. The standard InChI is InChI=1S/C19H24N4O3/c1-3-15-13-17(24)23(19(20-15)22-9-11-26-12-10-22)14-18(25)21(2)16-7-5-4-6-8-16/h4-8,13H,3,9-12,14H2,1-2H3. The molecule has 0 saturated carbocycles. The van der Waals surface area contributed by atoms with E-state index >= 15 is 0 Å². The summed E-state index contributed by atoms with van der Waals surface area (Å²) in [5, 5.41) is 0. The number of hydrogen-bond donors (Lipinski definition) is 0. The van der Waals surface area contributed by atoms with Crippen molar-refractivity contribution in [1.82, 2.24) is 9.55 Å². The van der Waals surface area contributed by atoms with Gasteiger partial charge in [-0.3, -0.25) is 14.2 Å². The molecule has 1 amide bonds. The van der Waals surface area contributed by atoms with Crippen molar-refractivity contribution in [2.24, 2.45) is 0 Å². The van der Waals surface area contributed by atoms with Gasteiger partial charge in [-0.1, -0.05) is 25.1 Å². The number of nitrogens with zero attached hydrogens (tertiary/aromatic N) is 4. The first-order valence-electron chi connectivity index (χ1n) is 8.85. The Morgan fingerprint density at radius 3 is 2.58 bits per heavy atom. The Kier molecular flexibility index (Phi) is 5.68. The van der Waals surface area contributed by atoms with Gasteiger partial charge < -0.3 is 14.5 Å². The Morgan fingerprint density at radius 1 is 1.23 bits per heavy atom. The van der Waals surface area contributed by atoms with Crippen molar-refractivity contribution in [3.05, 3.63) is 52.4 Å². The second-order valence-corrected chi connectivity index (χ2v) is 6.21. The van der Waals surface area contributed by atoms with Crippen LogP contribution in [-0.4, -0.2) is 48.8 Å². The summed E-state index contributed by atoms with van der Waals surface area (Å²) in [7, 11) is 1.71. The number of hydrogen-bond acceptors (Lipinski definition) is 5. The van der Waals surface area contributed by atoms with Crippen LogP contribution in [0.1, 0.15) is 12.6 Å². The highest BCUT2D eigenvalue weighted by molar-refractivity contribution is 5.92. The van der Waals surface area contributed by atoms with Crippen LogP contribution >= 0.6 is 0 Å². The van der Waals surface area contributed by atoms with E-state index in [1.165, 1.54) is 10.6 Å². The van der Waals surface area contributed by atoms with Gasteiger partial charge in [-0.05, 0) is 18.6 Å². The summed E-state index contributed by atoms with van der Waals surface area (Å²) in [6.45, 7) is 4.40. The van der Waals surface area contributed by atoms with Crippen LogP contribution in [0.2, 0.25) is 0 Å². The number of carbonyl (C=O) groups excluding carboxylic acids is 1. The summed E-state index contributed by atoms with van der Waals surface area (Å²) in [4.78, 5) is 33.6. The number of aryl methyl sites for hydroxylation is 1. The van der Waals surface area contributed by atoms with Gasteiger partial charge in [-0.2, -0.15) is 0 Å². The molecular weight excluding hydrogens is 332 g/mol. The van der Waals surface area contributed by atoms with E-state index in [-0.39, 0.29) is 18.0 Å². The second kappa shape index (κ2) is 8.14. The maximum absolute atomic E-state index is 12.7. The molecule has 0 atom stereocenters. The Bertz CT molecular complexity index is 813. The predicted molar refractivity (Wildman–Crippen MR) is 101 cm³/mol.